The average molecular weight is 333 g/mol. The van der Waals surface area contributed by atoms with Gasteiger partial charge in [0.15, 0.2) is 0 Å². The molecule has 1 amide bonds. The highest BCUT2D eigenvalue weighted by Crippen LogP contribution is 2.28. The molecule has 0 spiro atoms. The zero-order valence-corrected chi connectivity index (χ0v) is 14.1. The summed E-state index contributed by atoms with van der Waals surface area (Å²) in [6.45, 7) is 5.32. The molecule has 2 rings (SSSR count). The minimum absolute atomic E-state index is 0.0326. The summed E-state index contributed by atoms with van der Waals surface area (Å²) in [5, 5.41) is 2.58. The van der Waals surface area contributed by atoms with Gasteiger partial charge in [-0.05, 0) is 41.8 Å². The third kappa shape index (κ3) is 4.32. The Kier molecular flexibility index (Phi) is 5.05. The van der Waals surface area contributed by atoms with E-state index in [9.17, 15) is 13.2 Å². The van der Waals surface area contributed by atoms with Gasteiger partial charge in [-0.1, -0.05) is 32.0 Å². The first-order valence-electron chi connectivity index (χ1n) is 7.20. The molecule has 0 aromatic heterocycles. The van der Waals surface area contributed by atoms with Gasteiger partial charge in [0.1, 0.15) is 10.6 Å². The second-order valence-corrected chi connectivity index (χ2v) is 6.98. The number of amides is 1. The van der Waals surface area contributed by atoms with E-state index in [1.54, 1.807) is 12.1 Å². The van der Waals surface area contributed by atoms with E-state index in [-0.39, 0.29) is 16.7 Å². The van der Waals surface area contributed by atoms with Crippen molar-refractivity contribution in [1.82, 2.24) is 0 Å². The minimum Gasteiger partial charge on any atom is -0.379 e. The molecule has 23 heavy (non-hydrogen) atoms. The van der Waals surface area contributed by atoms with Gasteiger partial charge in [0.2, 0.25) is 5.91 Å². The molecule has 0 fully saturated rings. The Morgan fingerprint density at radius 1 is 1.04 bits per heavy atom. The Bertz CT molecular complexity index is 796. The zero-order chi connectivity index (χ0) is 17.0. The van der Waals surface area contributed by atoms with Gasteiger partial charge in [0.25, 0.3) is 0 Å². The number of nitrogens with one attached hydrogen (secondary N) is 1. The summed E-state index contributed by atoms with van der Waals surface area (Å²) in [5.41, 5.74) is 1.35. The maximum absolute atomic E-state index is 12.4. The molecule has 0 atom stereocenters. The molecule has 2 aromatic carbocycles. The number of para-hydroxylation sites is 1. The van der Waals surface area contributed by atoms with Gasteiger partial charge in [-0.25, -0.2) is 0 Å². The standard InChI is InChI=1S/C17H19NO4S/c1-12(2)16-6-4-5-7-17(16)22-23(20,21)15-10-8-14(9-11-15)18-13(3)19/h4-12H,1-3H3,(H,18,19). The van der Waals surface area contributed by atoms with Crippen LogP contribution in [0.15, 0.2) is 53.4 Å². The van der Waals surface area contributed by atoms with Gasteiger partial charge in [-0.2, -0.15) is 8.42 Å². The van der Waals surface area contributed by atoms with Gasteiger partial charge in [-0.3, -0.25) is 4.79 Å². The smallest absolute Gasteiger partial charge is 0.339 e. The van der Waals surface area contributed by atoms with E-state index in [0.29, 0.717) is 11.4 Å². The van der Waals surface area contributed by atoms with E-state index < -0.39 is 10.1 Å². The lowest BCUT2D eigenvalue weighted by Crippen LogP contribution is -2.12. The van der Waals surface area contributed by atoms with E-state index in [1.807, 2.05) is 26.0 Å². The van der Waals surface area contributed by atoms with Crippen molar-refractivity contribution in [3.8, 4) is 5.75 Å². The van der Waals surface area contributed by atoms with Gasteiger partial charge in [0, 0.05) is 12.6 Å². The van der Waals surface area contributed by atoms with Crippen LogP contribution in [0.3, 0.4) is 0 Å². The fraction of sp³-hybridized carbons (Fsp3) is 0.235. The monoisotopic (exact) mass is 333 g/mol. The fourth-order valence-electron chi connectivity index (χ4n) is 2.11. The molecule has 0 bridgehead atoms. The van der Waals surface area contributed by atoms with E-state index in [4.69, 9.17) is 4.18 Å². The van der Waals surface area contributed by atoms with Crippen LogP contribution >= 0.6 is 0 Å². The van der Waals surface area contributed by atoms with Crippen LogP contribution in [0.5, 0.6) is 5.75 Å². The highest BCUT2D eigenvalue weighted by molar-refractivity contribution is 7.87. The molecule has 0 aliphatic heterocycles. The Labute approximate surface area is 136 Å². The first-order valence-corrected chi connectivity index (χ1v) is 8.61. The number of anilines is 1. The molecule has 0 saturated carbocycles. The third-order valence-corrected chi connectivity index (χ3v) is 4.45. The van der Waals surface area contributed by atoms with Crippen molar-refractivity contribution in [3.05, 3.63) is 54.1 Å². The van der Waals surface area contributed by atoms with Crippen LogP contribution in [0.25, 0.3) is 0 Å². The van der Waals surface area contributed by atoms with Crippen LogP contribution in [0.1, 0.15) is 32.3 Å². The molecule has 5 nitrogen and oxygen atoms in total. The lowest BCUT2D eigenvalue weighted by Gasteiger charge is -2.13. The number of benzene rings is 2. The molecular formula is C17H19NO4S. The Morgan fingerprint density at radius 2 is 1.65 bits per heavy atom. The van der Waals surface area contributed by atoms with Crippen LogP contribution < -0.4 is 9.50 Å². The summed E-state index contributed by atoms with van der Waals surface area (Å²) < 4.78 is 30.1. The highest BCUT2D eigenvalue weighted by atomic mass is 32.2. The van der Waals surface area contributed by atoms with Gasteiger partial charge >= 0.3 is 10.1 Å². The number of carbonyl (C=O) groups excluding carboxylic acids is 1. The second kappa shape index (κ2) is 6.83. The molecular weight excluding hydrogens is 314 g/mol. The molecule has 0 unspecified atom stereocenters. The number of hydrogen-bond acceptors (Lipinski definition) is 4. The molecule has 2 aromatic rings. The maximum Gasteiger partial charge on any atom is 0.339 e. The maximum atomic E-state index is 12.4. The van der Waals surface area contributed by atoms with E-state index in [1.165, 1.54) is 31.2 Å². The molecule has 1 N–H and O–H groups in total. The van der Waals surface area contributed by atoms with Crippen LogP contribution in [0, 0.1) is 0 Å². The van der Waals surface area contributed by atoms with Crippen molar-refractivity contribution in [3.63, 3.8) is 0 Å². The predicted molar refractivity (Wildman–Crippen MR) is 89.1 cm³/mol. The van der Waals surface area contributed by atoms with E-state index in [0.717, 1.165) is 5.56 Å². The summed E-state index contributed by atoms with van der Waals surface area (Å²) in [7, 11) is -3.93. The molecule has 0 aliphatic rings. The summed E-state index contributed by atoms with van der Waals surface area (Å²) in [5.74, 6) is 0.250. The van der Waals surface area contributed by atoms with Gasteiger partial charge in [-0.15, -0.1) is 0 Å². The van der Waals surface area contributed by atoms with Crippen molar-refractivity contribution in [2.45, 2.75) is 31.6 Å². The van der Waals surface area contributed by atoms with E-state index in [2.05, 4.69) is 5.32 Å². The Hall–Kier alpha value is -2.34. The number of hydrogen-bond donors (Lipinski definition) is 1. The second-order valence-electron chi connectivity index (χ2n) is 5.44. The van der Waals surface area contributed by atoms with Crippen LogP contribution in [-0.4, -0.2) is 14.3 Å². The molecule has 0 radical (unpaired) electrons. The van der Waals surface area contributed by atoms with Gasteiger partial charge < -0.3 is 9.50 Å². The summed E-state index contributed by atoms with van der Waals surface area (Å²) in [6.07, 6.45) is 0. The number of carbonyl (C=O) groups is 1. The Morgan fingerprint density at radius 3 is 2.22 bits per heavy atom. The lowest BCUT2D eigenvalue weighted by molar-refractivity contribution is -0.114. The minimum atomic E-state index is -3.93. The lowest BCUT2D eigenvalue weighted by atomic mass is 10.0. The SMILES string of the molecule is CC(=O)Nc1ccc(S(=O)(=O)Oc2ccccc2C(C)C)cc1. The van der Waals surface area contributed by atoms with Gasteiger partial charge in [0.05, 0.1) is 0 Å². The third-order valence-electron chi connectivity index (χ3n) is 3.20. The first kappa shape index (κ1) is 17.0. The summed E-state index contributed by atoms with van der Waals surface area (Å²) >= 11 is 0. The van der Waals surface area contributed by atoms with Crippen LogP contribution in [-0.2, 0) is 14.9 Å². The van der Waals surface area contributed by atoms with Crippen LogP contribution in [0.2, 0.25) is 0 Å². The van der Waals surface area contributed by atoms with Crippen LogP contribution in [0.4, 0.5) is 5.69 Å². The topological polar surface area (TPSA) is 72.5 Å². The molecule has 6 heteroatoms. The summed E-state index contributed by atoms with van der Waals surface area (Å²) in [6, 6.07) is 12.9. The molecule has 122 valence electrons. The van der Waals surface area contributed by atoms with Crippen molar-refractivity contribution < 1.29 is 17.4 Å². The normalized spacial score (nSPS) is 11.3. The fourth-order valence-corrected chi connectivity index (χ4v) is 3.06. The molecule has 0 saturated heterocycles. The predicted octanol–water partition coefficient (Wildman–Crippen LogP) is 3.54. The number of rotatable bonds is 5. The van der Waals surface area contributed by atoms with E-state index >= 15 is 0 Å². The van der Waals surface area contributed by atoms with Crippen molar-refractivity contribution in [2.75, 3.05) is 5.32 Å². The van der Waals surface area contributed by atoms with Crippen molar-refractivity contribution >= 4 is 21.7 Å². The van der Waals surface area contributed by atoms with Crippen molar-refractivity contribution in [2.24, 2.45) is 0 Å². The average Bonchev–Trinajstić information content (AvgIpc) is 2.47. The summed E-state index contributed by atoms with van der Waals surface area (Å²) in [4.78, 5) is 11.0. The first-order chi connectivity index (χ1) is 10.8. The molecule has 0 aliphatic carbocycles. The quantitative estimate of drug-likeness (QED) is 0.850. The molecule has 0 heterocycles. The Balaban J connectivity index is 2.27. The largest absolute Gasteiger partial charge is 0.379 e. The highest BCUT2D eigenvalue weighted by Gasteiger charge is 2.19. The zero-order valence-electron chi connectivity index (χ0n) is 13.2. The van der Waals surface area contributed by atoms with Crippen molar-refractivity contribution in [1.29, 1.82) is 0 Å².